The number of nitrogens with one attached hydrogen (secondary N) is 1. The lowest BCUT2D eigenvalue weighted by Gasteiger charge is -2.31. The molecule has 1 fully saturated rings. The number of amides is 1. The minimum atomic E-state index is -3.76. The third-order valence-corrected chi connectivity index (χ3v) is 8.94. The standard InChI is InChI=1S/C21H23ClN4O4S2/c1-13-19(10-18(31-13)20-24-14(2)30-25-20)32(28,29)26-9-5-7-16(12-26)21(27)23-11-15-6-3-4-8-17(15)22/h3-4,6,8,10,16H,5,7,9,11-12H2,1-2H3,(H,23,27)/t16-/m1/s1. The van der Waals surface area contributed by atoms with E-state index in [0.29, 0.717) is 52.4 Å². The highest BCUT2D eigenvalue weighted by Gasteiger charge is 2.35. The summed E-state index contributed by atoms with van der Waals surface area (Å²) < 4.78 is 33.1. The summed E-state index contributed by atoms with van der Waals surface area (Å²) in [6, 6.07) is 8.89. The molecule has 0 saturated carbocycles. The van der Waals surface area contributed by atoms with Crippen LogP contribution in [0.5, 0.6) is 0 Å². The van der Waals surface area contributed by atoms with Crippen molar-refractivity contribution in [3.05, 3.63) is 51.7 Å². The predicted octanol–water partition coefficient (Wildman–Crippen LogP) is 3.79. The molecule has 8 nitrogen and oxygen atoms in total. The molecule has 170 valence electrons. The van der Waals surface area contributed by atoms with Gasteiger partial charge in [0, 0.05) is 36.5 Å². The van der Waals surface area contributed by atoms with E-state index in [0.717, 1.165) is 5.56 Å². The van der Waals surface area contributed by atoms with E-state index < -0.39 is 15.9 Å². The van der Waals surface area contributed by atoms with Crippen molar-refractivity contribution < 1.29 is 17.7 Å². The van der Waals surface area contributed by atoms with Gasteiger partial charge in [-0.2, -0.15) is 9.29 Å². The molecule has 1 N–H and O–H groups in total. The number of carbonyl (C=O) groups excluding carboxylic acids is 1. The van der Waals surface area contributed by atoms with E-state index in [2.05, 4.69) is 15.5 Å². The van der Waals surface area contributed by atoms with Gasteiger partial charge in [0.25, 0.3) is 0 Å². The van der Waals surface area contributed by atoms with Gasteiger partial charge in [0.1, 0.15) is 0 Å². The van der Waals surface area contributed by atoms with Gasteiger partial charge in [-0.15, -0.1) is 11.3 Å². The molecule has 3 aromatic rings. The number of benzene rings is 1. The van der Waals surface area contributed by atoms with Gasteiger partial charge >= 0.3 is 0 Å². The van der Waals surface area contributed by atoms with Crippen LogP contribution in [0, 0.1) is 19.8 Å². The first kappa shape index (κ1) is 22.9. The molecule has 1 amide bonds. The van der Waals surface area contributed by atoms with Crippen LogP contribution in [0.2, 0.25) is 5.02 Å². The summed E-state index contributed by atoms with van der Waals surface area (Å²) in [5.41, 5.74) is 0.820. The minimum absolute atomic E-state index is 0.141. The van der Waals surface area contributed by atoms with Crippen LogP contribution >= 0.6 is 22.9 Å². The summed E-state index contributed by atoms with van der Waals surface area (Å²) in [4.78, 5) is 18.4. The maximum atomic E-state index is 13.4. The van der Waals surface area contributed by atoms with E-state index in [1.165, 1.54) is 15.6 Å². The Hall–Kier alpha value is -2.27. The number of aromatic nitrogens is 2. The number of thiophene rings is 1. The first-order valence-electron chi connectivity index (χ1n) is 10.2. The number of halogens is 1. The smallest absolute Gasteiger partial charge is 0.244 e. The molecule has 0 bridgehead atoms. The maximum absolute atomic E-state index is 13.4. The van der Waals surface area contributed by atoms with Gasteiger partial charge in [0.15, 0.2) is 0 Å². The lowest BCUT2D eigenvalue weighted by atomic mass is 9.99. The van der Waals surface area contributed by atoms with E-state index in [9.17, 15) is 13.2 Å². The summed E-state index contributed by atoms with van der Waals surface area (Å²) in [5, 5.41) is 7.35. The van der Waals surface area contributed by atoms with E-state index in [4.69, 9.17) is 16.1 Å². The third kappa shape index (κ3) is 4.73. The molecule has 2 aromatic heterocycles. The van der Waals surface area contributed by atoms with E-state index in [1.807, 2.05) is 18.2 Å². The fourth-order valence-electron chi connectivity index (χ4n) is 3.71. The molecular weight excluding hydrogens is 472 g/mol. The maximum Gasteiger partial charge on any atom is 0.244 e. The van der Waals surface area contributed by atoms with Crippen molar-refractivity contribution in [1.29, 1.82) is 0 Å². The van der Waals surface area contributed by atoms with Crippen molar-refractivity contribution in [2.75, 3.05) is 13.1 Å². The summed E-state index contributed by atoms with van der Waals surface area (Å²) in [6.45, 7) is 4.26. The van der Waals surface area contributed by atoms with Crippen molar-refractivity contribution in [1.82, 2.24) is 19.8 Å². The molecule has 4 rings (SSSR count). The summed E-state index contributed by atoms with van der Waals surface area (Å²) in [5.74, 6) is 0.193. The van der Waals surface area contributed by atoms with Gasteiger partial charge in [0.05, 0.1) is 15.7 Å². The van der Waals surface area contributed by atoms with E-state index in [-0.39, 0.29) is 17.3 Å². The number of carbonyl (C=O) groups is 1. The van der Waals surface area contributed by atoms with Gasteiger partial charge in [-0.25, -0.2) is 8.42 Å². The number of rotatable bonds is 6. The predicted molar refractivity (Wildman–Crippen MR) is 122 cm³/mol. The highest BCUT2D eigenvalue weighted by Crippen LogP contribution is 2.35. The lowest BCUT2D eigenvalue weighted by molar-refractivity contribution is -0.126. The Bertz CT molecular complexity index is 1240. The molecular formula is C21H23ClN4O4S2. The molecule has 1 aliphatic heterocycles. The van der Waals surface area contributed by atoms with Crippen molar-refractivity contribution in [3.8, 4) is 10.7 Å². The van der Waals surface area contributed by atoms with Crippen LogP contribution in [-0.4, -0.2) is 41.9 Å². The monoisotopic (exact) mass is 494 g/mol. The highest BCUT2D eigenvalue weighted by atomic mass is 35.5. The molecule has 0 aliphatic carbocycles. The van der Waals surface area contributed by atoms with Crippen LogP contribution in [0.15, 0.2) is 39.8 Å². The SMILES string of the molecule is Cc1nc(-c2cc(S(=O)(=O)N3CCC[C@@H](C(=O)NCc4ccccc4Cl)C3)c(C)s2)no1. The summed E-state index contributed by atoms with van der Waals surface area (Å²) in [7, 11) is -3.76. The lowest BCUT2D eigenvalue weighted by Crippen LogP contribution is -2.45. The molecule has 11 heteroatoms. The number of piperidine rings is 1. The van der Waals surface area contributed by atoms with Crippen LogP contribution in [0.25, 0.3) is 10.7 Å². The van der Waals surface area contributed by atoms with E-state index in [1.54, 1.807) is 26.0 Å². The van der Waals surface area contributed by atoms with Crippen LogP contribution in [0.4, 0.5) is 0 Å². The Kier molecular flexibility index (Phi) is 6.66. The normalized spacial score (nSPS) is 17.4. The molecule has 1 aliphatic rings. The second-order valence-electron chi connectivity index (χ2n) is 7.68. The first-order valence-corrected chi connectivity index (χ1v) is 12.8. The average molecular weight is 495 g/mol. The topological polar surface area (TPSA) is 105 Å². The Balaban J connectivity index is 1.47. The van der Waals surface area contributed by atoms with Crippen LogP contribution in [0.1, 0.15) is 29.2 Å². The van der Waals surface area contributed by atoms with Crippen molar-refractivity contribution in [2.24, 2.45) is 5.92 Å². The zero-order chi connectivity index (χ0) is 22.9. The molecule has 0 spiro atoms. The average Bonchev–Trinajstić information content (AvgIpc) is 3.39. The fourth-order valence-corrected chi connectivity index (χ4v) is 6.93. The second kappa shape index (κ2) is 9.30. The largest absolute Gasteiger partial charge is 0.352 e. The number of hydrogen-bond donors (Lipinski definition) is 1. The zero-order valence-corrected chi connectivity index (χ0v) is 20.1. The molecule has 32 heavy (non-hydrogen) atoms. The Morgan fingerprint density at radius 3 is 2.84 bits per heavy atom. The highest BCUT2D eigenvalue weighted by molar-refractivity contribution is 7.89. The molecule has 1 aromatic carbocycles. The number of aryl methyl sites for hydroxylation is 2. The van der Waals surface area contributed by atoms with Gasteiger partial charge < -0.3 is 9.84 Å². The summed E-state index contributed by atoms with van der Waals surface area (Å²) >= 11 is 7.46. The summed E-state index contributed by atoms with van der Waals surface area (Å²) in [6.07, 6.45) is 1.25. The van der Waals surface area contributed by atoms with Gasteiger partial charge in [0.2, 0.25) is 27.6 Å². The van der Waals surface area contributed by atoms with Gasteiger partial charge in [-0.1, -0.05) is 35.0 Å². The van der Waals surface area contributed by atoms with Crippen molar-refractivity contribution in [2.45, 2.75) is 38.1 Å². The second-order valence-corrected chi connectivity index (χ2v) is 11.2. The molecule has 1 saturated heterocycles. The minimum Gasteiger partial charge on any atom is -0.352 e. The zero-order valence-electron chi connectivity index (χ0n) is 17.7. The number of sulfonamides is 1. The first-order chi connectivity index (χ1) is 15.3. The van der Waals surface area contributed by atoms with Crippen molar-refractivity contribution >= 4 is 38.9 Å². The van der Waals surface area contributed by atoms with Gasteiger partial charge in [-0.05, 0) is 37.5 Å². The van der Waals surface area contributed by atoms with Crippen molar-refractivity contribution in [3.63, 3.8) is 0 Å². The molecule has 1 atom stereocenters. The molecule has 3 heterocycles. The molecule has 0 radical (unpaired) electrons. The van der Waals surface area contributed by atoms with Crippen LogP contribution in [0.3, 0.4) is 0 Å². The van der Waals surface area contributed by atoms with E-state index >= 15 is 0 Å². The number of nitrogens with zero attached hydrogens (tertiary/aromatic N) is 3. The Morgan fingerprint density at radius 2 is 2.12 bits per heavy atom. The van der Waals surface area contributed by atoms with Crippen LogP contribution in [-0.2, 0) is 21.4 Å². The Morgan fingerprint density at radius 1 is 1.34 bits per heavy atom. The van der Waals surface area contributed by atoms with Gasteiger partial charge in [-0.3, -0.25) is 4.79 Å². The number of hydrogen-bond acceptors (Lipinski definition) is 7. The quantitative estimate of drug-likeness (QED) is 0.559. The molecule has 0 unspecified atom stereocenters. The Labute approximate surface area is 195 Å². The fraction of sp³-hybridized carbons (Fsp3) is 0.381. The third-order valence-electron chi connectivity index (χ3n) is 5.40. The van der Waals surface area contributed by atoms with Crippen LogP contribution < -0.4 is 5.32 Å².